The number of rotatable bonds is 6. The summed E-state index contributed by atoms with van der Waals surface area (Å²) in [6.07, 6.45) is 0.903. The second-order valence-electron chi connectivity index (χ2n) is 3.86. The number of hydrogen-bond acceptors (Lipinski definition) is 4. The van der Waals surface area contributed by atoms with Gasteiger partial charge >= 0.3 is 5.69 Å². The van der Waals surface area contributed by atoms with E-state index in [1.807, 2.05) is 6.92 Å². The van der Waals surface area contributed by atoms with Gasteiger partial charge in [-0.2, -0.15) is 16.2 Å². The highest BCUT2D eigenvalue weighted by molar-refractivity contribution is 7.98. The molecule has 0 heterocycles. The lowest BCUT2D eigenvalue weighted by Gasteiger charge is -2.05. The third-order valence-electron chi connectivity index (χ3n) is 2.20. The minimum absolute atomic E-state index is 0.163. The number of thioether (sulfide) groups is 1. The van der Waals surface area contributed by atoms with Crippen LogP contribution in [0.1, 0.15) is 18.9 Å². The first-order valence-electron chi connectivity index (χ1n) is 5.27. The topological polar surface area (TPSA) is 69.2 Å². The summed E-state index contributed by atoms with van der Waals surface area (Å²) in [6.45, 7) is 1.94. The normalized spacial score (nSPS) is 12.4. The maximum Gasteiger partial charge on any atom is 0.304 e. The Morgan fingerprint density at radius 1 is 1.59 bits per heavy atom. The SMILES string of the molecule is CC(N)CCSCc1ccc([N+](=O)[O-])c(F)c1. The summed E-state index contributed by atoms with van der Waals surface area (Å²) < 4.78 is 13.3. The lowest BCUT2D eigenvalue weighted by Crippen LogP contribution is -2.15. The number of nitro groups is 1. The summed E-state index contributed by atoms with van der Waals surface area (Å²) in [5.41, 5.74) is 5.88. The van der Waals surface area contributed by atoms with Crippen LogP contribution in [0.3, 0.4) is 0 Å². The van der Waals surface area contributed by atoms with Crippen molar-refractivity contribution in [3.05, 3.63) is 39.7 Å². The Kier molecular flexibility index (Phi) is 5.37. The molecular formula is C11H15FN2O2S. The Hall–Kier alpha value is -1.14. The van der Waals surface area contributed by atoms with Crippen LogP contribution in [0.4, 0.5) is 10.1 Å². The molecule has 0 aliphatic rings. The zero-order valence-electron chi connectivity index (χ0n) is 9.56. The van der Waals surface area contributed by atoms with Crippen LogP contribution in [0, 0.1) is 15.9 Å². The van der Waals surface area contributed by atoms with Gasteiger partial charge in [-0.1, -0.05) is 6.07 Å². The van der Waals surface area contributed by atoms with E-state index in [-0.39, 0.29) is 6.04 Å². The van der Waals surface area contributed by atoms with Crippen LogP contribution in [0.2, 0.25) is 0 Å². The molecule has 17 heavy (non-hydrogen) atoms. The fourth-order valence-corrected chi connectivity index (χ4v) is 2.35. The van der Waals surface area contributed by atoms with Crippen LogP contribution in [0.25, 0.3) is 0 Å². The van der Waals surface area contributed by atoms with Gasteiger partial charge in [0.25, 0.3) is 0 Å². The predicted octanol–water partition coefficient (Wildman–Crippen LogP) is 2.70. The van der Waals surface area contributed by atoms with Crippen molar-refractivity contribution in [3.63, 3.8) is 0 Å². The Morgan fingerprint density at radius 2 is 2.29 bits per heavy atom. The molecule has 94 valence electrons. The van der Waals surface area contributed by atoms with E-state index in [9.17, 15) is 14.5 Å². The molecule has 0 bridgehead atoms. The fraction of sp³-hybridized carbons (Fsp3) is 0.455. The molecule has 1 unspecified atom stereocenters. The number of nitrogens with two attached hydrogens (primary N) is 1. The van der Waals surface area contributed by atoms with Crippen LogP contribution in [0.5, 0.6) is 0 Å². The van der Waals surface area contributed by atoms with Gasteiger partial charge in [0.2, 0.25) is 5.82 Å². The van der Waals surface area contributed by atoms with E-state index in [1.54, 1.807) is 17.8 Å². The molecule has 0 radical (unpaired) electrons. The van der Waals surface area contributed by atoms with Crippen molar-refractivity contribution in [2.45, 2.75) is 25.1 Å². The summed E-state index contributed by atoms with van der Waals surface area (Å²) in [7, 11) is 0. The van der Waals surface area contributed by atoms with Crippen LogP contribution >= 0.6 is 11.8 Å². The molecule has 1 rings (SSSR count). The second kappa shape index (κ2) is 6.56. The van der Waals surface area contributed by atoms with E-state index in [4.69, 9.17) is 5.73 Å². The van der Waals surface area contributed by atoms with E-state index < -0.39 is 16.4 Å². The average Bonchev–Trinajstić information content (AvgIpc) is 2.23. The lowest BCUT2D eigenvalue weighted by atomic mass is 10.2. The molecule has 2 N–H and O–H groups in total. The highest BCUT2D eigenvalue weighted by atomic mass is 32.2. The molecule has 0 amide bonds. The number of benzene rings is 1. The standard InChI is InChI=1S/C11H15FN2O2S/c1-8(13)4-5-17-7-9-2-3-11(14(15)16)10(12)6-9/h2-3,6,8H,4-5,7,13H2,1H3. The number of nitrogens with zero attached hydrogens (tertiary/aromatic N) is 1. The maximum absolute atomic E-state index is 13.3. The lowest BCUT2D eigenvalue weighted by molar-refractivity contribution is -0.387. The largest absolute Gasteiger partial charge is 0.328 e. The molecule has 1 aromatic rings. The Bertz CT molecular complexity index is 399. The van der Waals surface area contributed by atoms with Crippen molar-refractivity contribution in [2.75, 3.05) is 5.75 Å². The predicted molar refractivity (Wildman–Crippen MR) is 67.5 cm³/mol. The molecule has 1 atom stereocenters. The molecule has 1 aromatic carbocycles. The average molecular weight is 258 g/mol. The van der Waals surface area contributed by atoms with Gasteiger partial charge in [0, 0.05) is 17.9 Å². The Balaban J connectivity index is 2.50. The highest BCUT2D eigenvalue weighted by Crippen LogP contribution is 2.21. The van der Waals surface area contributed by atoms with Gasteiger partial charge in [0.05, 0.1) is 4.92 Å². The van der Waals surface area contributed by atoms with Crippen molar-refractivity contribution in [1.29, 1.82) is 0 Å². The van der Waals surface area contributed by atoms with Gasteiger partial charge in [-0.3, -0.25) is 10.1 Å². The zero-order chi connectivity index (χ0) is 12.8. The molecule has 0 aliphatic carbocycles. The molecule has 0 spiro atoms. The maximum atomic E-state index is 13.3. The van der Waals surface area contributed by atoms with E-state index in [2.05, 4.69) is 0 Å². The Morgan fingerprint density at radius 3 is 2.82 bits per heavy atom. The van der Waals surface area contributed by atoms with Crippen LogP contribution in [-0.2, 0) is 5.75 Å². The summed E-state index contributed by atoms with van der Waals surface area (Å²) in [5, 5.41) is 10.4. The van der Waals surface area contributed by atoms with Crippen LogP contribution < -0.4 is 5.73 Å². The number of halogens is 1. The van der Waals surface area contributed by atoms with Crippen LogP contribution in [-0.4, -0.2) is 16.7 Å². The van der Waals surface area contributed by atoms with E-state index in [0.717, 1.165) is 17.7 Å². The molecule has 0 fully saturated rings. The summed E-state index contributed by atoms with van der Waals surface area (Å²) in [5.74, 6) is 0.762. The minimum Gasteiger partial charge on any atom is -0.328 e. The first kappa shape index (κ1) is 13.9. The zero-order valence-corrected chi connectivity index (χ0v) is 10.4. The monoisotopic (exact) mass is 258 g/mol. The van der Waals surface area contributed by atoms with Gasteiger partial charge in [0.1, 0.15) is 0 Å². The van der Waals surface area contributed by atoms with Gasteiger partial charge < -0.3 is 5.73 Å². The molecular weight excluding hydrogens is 243 g/mol. The first-order chi connectivity index (χ1) is 8.00. The van der Waals surface area contributed by atoms with Gasteiger partial charge in [-0.25, -0.2) is 0 Å². The molecule has 4 nitrogen and oxygen atoms in total. The highest BCUT2D eigenvalue weighted by Gasteiger charge is 2.13. The second-order valence-corrected chi connectivity index (χ2v) is 4.97. The summed E-state index contributed by atoms with van der Waals surface area (Å²) >= 11 is 1.64. The smallest absolute Gasteiger partial charge is 0.304 e. The van der Waals surface area contributed by atoms with Crippen molar-refractivity contribution in [3.8, 4) is 0 Å². The van der Waals surface area contributed by atoms with Crippen molar-refractivity contribution >= 4 is 17.4 Å². The van der Waals surface area contributed by atoms with Gasteiger partial charge in [-0.05, 0) is 30.7 Å². The third kappa shape index (κ3) is 4.70. The number of nitro benzene ring substituents is 1. The van der Waals surface area contributed by atoms with Crippen molar-refractivity contribution in [2.24, 2.45) is 5.73 Å². The fourth-order valence-electron chi connectivity index (χ4n) is 1.25. The van der Waals surface area contributed by atoms with E-state index in [0.29, 0.717) is 5.75 Å². The van der Waals surface area contributed by atoms with Gasteiger partial charge in [0.15, 0.2) is 0 Å². The molecule has 0 saturated carbocycles. The summed E-state index contributed by atoms with van der Waals surface area (Å²) in [6, 6.07) is 4.17. The Labute approximate surface area is 104 Å². The molecule has 0 aromatic heterocycles. The molecule has 0 aliphatic heterocycles. The van der Waals surface area contributed by atoms with Crippen molar-refractivity contribution in [1.82, 2.24) is 0 Å². The van der Waals surface area contributed by atoms with Crippen molar-refractivity contribution < 1.29 is 9.31 Å². The third-order valence-corrected chi connectivity index (χ3v) is 3.26. The molecule has 6 heteroatoms. The first-order valence-corrected chi connectivity index (χ1v) is 6.42. The van der Waals surface area contributed by atoms with E-state index >= 15 is 0 Å². The van der Waals surface area contributed by atoms with Gasteiger partial charge in [-0.15, -0.1) is 0 Å². The quantitative estimate of drug-likeness (QED) is 0.484. The summed E-state index contributed by atoms with van der Waals surface area (Å²) in [4.78, 5) is 9.69. The minimum atomic E-state index is -0.778. The number of hydrogen-bond donors (Lipinski definition) is 1. The van der Waals surface area contributed by atoms with E-state index in [1.165, 1.54) is 12.1 Å². The molecule has 0 saturated heterocycles. The van der Waals surface area contributed by atoms with Crippen LogP contribution in [0.15, 0.2) is 18.2 Å².